The van der Waals surface area contributed by atoms with Crippen LogP contribution in [0, 0.1) is 24.2 Å². The summed E-state index contributed by atoms with van der Waals surface area (Å²) in [4.78, 5) is 38.9. The van der Waals surface area contributed by atoms with Crippen LogP contribution in [0.4, 0.5) is 10.5 Å². The number of nitrogens with zero attached hydrogens (tertiary/aromatic N) is 2. The van der Waals surface area contributed by atoms with Gasteiger partial charge in [-0.2, -0.15) is 5.26 Å². The minimum Gasteiger partial charge on any atom is -0.354 e. The van der Waals surface area contributed by atoms with Gasteiger partial charge in [0.25, 0.3) is 5.91 Å². The second kappa shape index (κ2) is 12.0. The molecule has 2 aromatic carbocycles. The minimum absolute atomic E-state index is 0.0527. The molecule has 0 unspecified atom stereocenters. The number of anilines is 1. The fourth-order valence-corrected chi connectivity index (χ4v) is 4.05. The number of nitrogens with one attached hydrogen (secondary N) is 3. The van der Waals surface area contributed by atoms with Crippen LogP contribution in [0.3, 0.4) is 0 Å². The van der Waals surface area contributed by atoms with E-state index in [4.69, 9.17) is 5.26 Å². The quantitative estimate of drug-likeness (QED) is 0.529. The smallest absolute Gasteiger partial charge is 0.319 e. The van der Waals surface area contributed by atoms with Gasteiger partial charge in [0.05, 0.1) is 11.6 Å². The summed E-state index contributed by atoms with van der Waals surface area (Å²) in [6.07, 6.45) is 1.73. The highest BCUT2D eigenvalue weighted by Crippen LogP contribution is 2.29. The fraction of sp³-hybridized carbons (Fsp3) is 0.407. The monoisotopic (exact) mass is 475 g/mol. The number of nitriles is 1. The highest BCUT2D eigenvalue weighted by Gasteiger charge is 2.25. The summed E-state index contributed by atoms with van der Waals surface area (Å²) in [5, 5.41) is 17.2. The second-order valence-electron chi connectivity index (χ2n) is 9.16. The first kappa shape index (κ1) is 25.8. The van der Waals surface area contributed by atoms with Crippen molar-refractivity contribution in [3.63, 3.8) is 0 Å². The van der Waals surface area contributed by atoms with Crippen LogP contribution in [0.25, 0.3) is 0 Å². The van der Waals surface area contributed by atoms with Gasteiger partial charge in [-0.25, -0.2) is 4.79 Å². The van der Waals surface area contributed by atoms with Crippen molar-refractivity contribution in [2.75, 3.05) is 31.5 Å². The number of amides is 4. The van der Waals surface area contributed by atoms with Crippen molar-refractivity contribution in [2.24, 2.45) is 5.92 Å². The van der Waals surface area contributed by atoms with Gasteiger partial charge in [-0.3, -0.25) is 9.59 Å². The van der Waals surface area contributed by atoms with Crippen molar-refractivity contribution in [3.8, 4) is 6.07 Å². The second-order valence-corrected chi connectivity index (χ2v) is 9.16. The highest BCUT2D eigenvalue weighted by molar-refractivity contribution is 5.97. The first-order chi connectivity index (χ1) is 16.8. The lowest BCUT2D eigenvalue weighted by Crippen LogP contribution is -2.38. The molecule has 1 heterocycles. The van der Waals surface area contributed by atoms with Crippen LogP contribution >= 0.6 is 0 Å². The first-order valence-electron chi connectivity index (χ1n) is 12.0. The van der Waals surface area contributed by atoms with Crippen LogP contribution in [0.5, 0.6) is 0 Å². The third-order valence-electron chi connectivity index (χ3n) is 6.26. The van der Waals surface area contributed by atoms with Crippen LogP contribution in [-0.2, 0) is 4.79 Å². The van der Waals surface area contributed by atoms with Crippen molar-refractivity contribution in [3.05, 3.63) is 64.7 Å². The maximum Gasteiger partial charge on any atom is 0.319 e. The van der Waals surface area contributed by atoms with E-state index in [9.17, 15) is 14.4 Å². The number of hydrogen-bond donors (Lipinski definition) is 3. The molecule has 0 bridgehead atoms. The average molecular weight is 476 g/mol. The van der Waals surface area contributed by atoms with E-state index in [0.29, 0.717) is 48.9 Å². The van der Waals surface area contributed by atoms with Gasteiger partial charge in [-0.05, 0) is 61.1 Å². The van der Waals surface area contributed by atoms with Crippen molar-refractivity contribution in [2.45, 2.75) is 39.5 Å². The lowest BCUT2D eigenvalue weighted by Gasteiger charge is -2.32. The molecule has 3 rings (SSSR count). The molecule has 8 nitrogen and oxygen atoms in total. The third kappa shape index (κ3) is 7.06. The Balaban J connectivity index is 1.53. The Morgan fingerprint density at radius 2 is 1.69 bits per heavy atom. The van der Waals surface area contributed by atoms with Crippen molar-refractivity contribution >= 4 is 23.5 Å². The zero-order valence-electron chi connectivity index (χ0n) is 20.6. The van der Waals surface area contributed by atoms with Crippen molar-refractivity contribution in [1.82, 2.24) is 15.5 Å². The van der Waals surface area contributed by atoms with E-state index in [1.807, 2.05) is 56.0 Å². The zero-order chi connectivity index (χ0) is 25.4. The van der Waals surface area contributed by atoms with Gasteiger partial charge in [0.1, 0.15) is 0 Å². The van der Waals surface area contributed by atoms with E-state index in [1.165, 1.54) is 5.56 Å². The molecule has 0 aliphatic carbocycles. The maximum absolute atomic E-state index is 13.1. The molecule has 0 saturated carbocycles. The number of aryl methyl sites for hydroxylation is 1. The average Bonchev–Trinajstić information content (AvgIpc) is 2.87. The Kier molecular flexibility index (Phi) is 8.85. The molecule has 8 heteroatoms. The van der Waals surface area contributed by atoms with Gasteiger partial charge >= 0.3 is 6.03 Å². The SMILES string of the molecule is Cc1ccc(C(=O)N2CCC(c3ccc(C#N)cc3)CC2)cc1NC(=O)NCCNC(=O)C(C)C. The Morgan fingerprint density at radius 3 is 2.31 bits per heavy atom. The van der Waals surface area contributed by atoms with E-state index < -0.39 is 0 Å². The van der Waals surface area contributed by atoms with Gasteiger partial charge in [0, 0.05) is 43.3 Å². The number of hydrogen-bond acceptors (Lipinski definition) is 4. The summed E-state index contributed by atoms with van der Waals surface area (Å²) in [6, 6.07) is 14.8. The molecule has 0 spiro atoms. The number of rotatable bonds is 7. The molecular weight excluding hydrogens is 442 g/mol. The molecule has 184 valence electrons. The van der Waals surface area contributed by atoms with Crippen LogP contribution in [0.1, 0.15) is 59.7 Å². The Hall–Kier alpha value is -3.86. The number of likely N-dealkylation sites (tertiary alicyclic amines) is 1. The summed E-state index contributed by atoms with van der Waals surface area (Å²) < 4.78 is 0. The lowest BCUT2D eigenvalue weighted by atomic mass is 9.89. The lowest BCUT2D eigenvalue weighted by molar-refractivity contribution is -0.123. The Bertz CT molecular complexity index is 1100. The Labute approximate surface area is 206 Å². The third-order valence-corrected chi connectivity index (χ3v) is 6.26. The van der Waals surface area contributed by atoms with Gasteiger partial charge in [0.15, 0.2) is 0 Å². The van der Waals surface area contributed by atoms with Crippen LogP contribution in [0.15, 0.2) is 42.5 Å². The summed E-state index contributed by atoms with van der Waals surface area (Å²) in [5.41, 5.74) is 3.81. The largest absolute Gasteiger partial charge is 0.354 e. The van der Waals surface area contributed by atoms with Crippen molar-refractivity contribution in [1.29, 1.82) is 5.26 Å². The maximum atomic E-state index is 13.1. The number of benzene rings is 2. The van der Waals surface area contributed by atoms with E-state index in [-0.39, 0.29) is 23.8 Å². The van der Waals surface area contributed by atoms with E-state index >= 15 is 0 Å². The normalized spacial score (nSPS) is 13.7. The molecule has 3 N–H and O–H groups in total. The standard InChI is InChI=1S/C27H33N5O3/c1-18(2)25(33)29-12-13-30-27(35)31-24-16-23(7-4-19(24)3)26(34)32-14-10-22(11-15-32)21-8-5-20(17-28)6-9-21/h4-9,16,18,22H,10-15H2,1-3H3,(H,29,33)(H2,30,31,35). The molecule has 1 aliphatic heterocycles. The summed E-state index contributed by atoms with van der Waals surface area (Å²) in [6.45, 7) is 7.45. The van der Waals surface area contributed by atoms with Gasteiger partial charge in [0.2, 0.25) is 5.91 Å². The summed E-state index contributed by atoms with van der Waals surface area (Å²) in [7, 11) is 0. The van der Waals surface area contributed by atoms with Crippen LogP contribution in [0.2, 0.25) is 0 Å². The first-order valence-corrected chi connectivity index (χ1v) is 12.0. The Morgan fingerprint density at radius 1 is 1.03 bits per heavy atom. The zero-order valence-corrected chi connectivity index (χ0v) is 20.6. The predicted molar refractivity (Wildman–Crippen MR) is 135 cm³/mol. The molecule has 2 aromatic rings. The number of carbonyl (C=O) groups is 3. The van der Waals surface area contributed by atoms with E-state index in [0.717, 1.165) is 18.4 Å². The molecule has 0 radical (unpaired) electrons. The van der Waals surface area contributed by atoms with E-state index in [2.05, 4.69) is 22.0 Å². The van der Waals surface area contributed by atoms with Gasteiger partial charge in [-0.15, -0.1) is 0 Å². The molecule has 1 aliphatic rings. The molecule has 0 atom stereocenters. The van der Waals surface area contributed by atoms with Crippen LogP contribution in [-0.4, -0.2) is 48.9 Å². The minimum atomic E-state index is -0.389. The highest BCUT2D eigenvalue weighted by atomic mass is 16.2. The van der Waals surface area contributed by atoms with E-state index in [1.54, 1.807) is 12.1 Å². The van der Waals surface area contributed by atoms with Crippen molar-refractivity contribution < 1.29 is 14.4 Å². The molecule has 4 amide bonds. The summed E-state index contributed by atoms with van der Waals surface area (Å²) in [5.74, 6) is 0.155. The fourth-order valence-electron chi connectivity index (χ4n) is 4.05. The molecule has 0 aromatic heterocycles. The summed E-state index contributed by atoms with van der Waals surface area (Å²) >= 11 is 0. The molecule has 35 heavy (non-hydrogen) atoms. The number of urea groups is 1. The van der Waals surface area contributed by atoms with Gasteiger partial charge in [-0.1, -0.05) is 32.0 Å². The van der Waals surface area contributed by atoms with Crippen LogP contribution < -0.4 is 16.0 Å². The predicted octanol–water partition coefficient (Wildman–Crippen LogP) is 3.78. The molecule has 1 fully saturated rings. The number of piperidine rings is 1. The van der Waals surface area contributed by atoms with Gasteiger partial charge < -0.3 is 20.9 Å². The molecule has 1 saturated heterocycles. The topological polar surface area (TPSA) is 114 Å². The number of carbonyl (C=O) groups excluding carboxylic acids is 3. The molecular formula is C27H33N5O3.